The number of fused-ring (bicyclic) bond motifs is 4. The SMILES string of the molecule is COc1cc2c(cc1OCCCOc1cc3c(cc1OC)C(=O)N1CCC[C@H]1[C@H](O)N3C(=O)OCc1ccc(O[C@H]3O[C@H](CO)[C@H](O)[C@H](O)[C@H]3O)c([N+](=O)[O-])c1)N(C(=O)OCc1ccc(O[C@@H]3O[C@H](CO)[C@H](O)[C@H](O)[C@H]3O)c([N+](=O)[O-])c1)[C@@H](O)[C@@H]1CCCN1C2=O. The number of rotatable bonds is 20. The van der Waals surface area contributed by atoms with E-state index in [1.54, 1.807) is 0 Å². The second kappa shape index (κ2) is 27.5. The van der Waals surface area contributed by atoms with Crippen molar-refractivity contribution >= 4 is 46.8 Å². The number of methoxy groups -OCH3 is 2. The summed E-state index contributed by atoms with van der Waals surface area (Å²) in [4.78, 5) is 84.2. The Labute approximate surface area is 515 Å². The fraction of sp³-hybridized carbons (Fsp3) is 0.509. The van der Waals surface area contributed by atoms with Crippen LogP contribution in [0.15, 0.2) is 60.7 Å². The van der Waals surface area contributed by atoms with Crippen LogP contribution in [0.25, 0.3) is 0 Å². The second-order valence-electron chi connectivity index (χ2n) is 21.9. The Kier molecular flexibility index (Phi) is 19.8. The number of benzene rings is 4. The van der Waals surface area contributed by atoms with E-state index in [4.69, 9.17) is 47.4 Å². The minimum Gasteiger partial charge on any atom is -0.493 e. The van der Waals surface area contributed by atoms with Crippen LogP contribution in [-0.2, 0) is 32.2 Å². The van der Waals surface area contributed by atoms with E-state index in [2.05, 4.69) is 0 Å². The summed E-state index contributed by atoms with van der Waals surface area (Å²) in [6.45, 7) is -2.64. The molecule has 4 amide bonds. The third kappa shape index (κ3) is 12.9. The third-order valence-corrected chi connectivity index (χ3v) is 16.4. The predicted octanol–water partition coefficient (Wildman–Crippen LogP) is -0.115. The molecule has 4 aromatic carbocycles. The smallest absolute Gasteiger partial charge is 0.416 e. The average molecular weight is 1280 g/mol. The molecule has 91 heavy (non-hydrogen) atoms. The molecule has 6 aliphatic heterocycles. The van der Waals surface area contributed by atoms with Crippen molar-refractivity contribution in [2.45, 2.75) is 131 Å². The molecule has 4 aromatic rings. The quantitative estimate of drug-likeness (QED) is 0.0313. The number of nitro groups is 2. The number of nitro benzene ring substituents is 2. The van der Waals surface area contributed by atoms with Gasteiger partial charge in [-0.25, -0.2) is 19.4 Å². The maximum atomic E-state index is 14.3. The predicted molar refractivity (Wildman–Crippen MR) is 302 cm³/mol. The largest absolute Gasteiger partial charge is 0.493 e. The standard InChI is InChI=1S/C57H66N6O28/c1-82-38-18-28-32(60(52(74)30-6-3-12-58(30)50(28)72)56(76)86-24-26-8-10-36(34(16-26)62(78)79)88-54-48(70)46(68)44(66)42(22-64)90-54)20-40(38)84-14-5-15-85-41-21-33-29(19-39(41)83-2)51(73)59-13-4-7-31(59)53(75)61(33)57(77)87-25-27-9-11-37(35(17-27)63(80)81)89-55-49(71)47(69)45(67)43(23-65)91-55/h8-11,16-21,30-31,42-49,52-55,64-71,74-75H,3-7,12-15,22-25H2,1-2H3/t30-,31-,42+,43+,44-,45-,46-,47-,48+,49+,52-,53-,54-,55+/m0/s1. The van der Waals surface area contributed by atoms with Crippen molar-refractivity contribution in [3.63, 3.8) is 0 Å². The molecule has 0 saturated carbocycles. The van der Waals surface area contributed by atoms with Gasteiger partial charge in [0.1, 0.15) is 62.0 Å². The molecule has 6 heterocycles. The number of aliphatic hydroxyl groups is 10. The molecule has 10 N–H and O–H groups in total. The number of ether oxygens (including phenoxy) is 10. The van der Waals surface area contributed by atoms with E-state index in [1.807, 2.05) is 0 Å². The van der Waals surface area contributed by atoms with Crippen LogP contribution in [0.3, 0.4) is 0 Å². The summed E-state index contributed by atoms with van der Waals surface area (Å²) in [7, 11) is 2.62. The van der Waals surface area contributed by atoms with E-state index < -0.39 is 169 Å². The topological polar surface area (TPSA) is 462 Å². The summed E-state index contributed by atoms with van der Waals surface area (Å²) in [5, 5.41) is 129. The number of anilines is 2. The molecule has 0 spiro atoms. The van der Waals surface area contributed by atoms with E-state index >= 15 is 0 Å². The highest BCUT2D eigenvalue weighted by molar-refractivity contribution is 6.07. The number of amides is 4. The normalized spacial score (nSPS) is 27.7. The van der Waals surface area contributed by atoms with Crippen LogP contribution < -0.4 is 38.2 Å². The summed E-state index contributed by atoms with van der Waals surface area (Å²) in [6, 6.07) is 10.2. The minimum atomic E-state index is -1.88. The molecule has 0 aromatic heterocycles. The summed E-state index contributed by atoms with van der Waals surface area (Å²) < 4.78 is 56.5. The second-order valence-corrected chi connectivity index (χ2v) is 21.9. The zero-order valence-electron chi connectivity index (χ0n) is 48.6. The van der Waals surface area contributed by atoms with Gasteiger partial charge in [0.25, 0.3) is 11.8 Å². The van der Waals surface area contributed by atoms with Crippen molar-refractivity contribution in [3.05, 3.63) is 103 Å². The van der Waals surface area contributed by atoms with Gasteiger partial charge in [0.15, 0.2) is 47.0 Å². The van der Waals surface area contributed by atoms with Crippen LogP contribution in [0.5, 0.6) is 34.5 Å². The van der Waals surface area contributed by atoms with Crippen LogP contribution in [0.1, 0.15) is 63.9 Å². The number of carbonyl (C=O) groups is 4. The average Bonchev–Trinajstić information content (AvgIpc) is 1.68. The molecule has 4 fully saturated rings. The van der Waals surface area contributed by atoms with Crippen molar-refractivity contribution in [3.8, 4) is 34.5 Å². The van der Waals surface area contributed by atoms with E-state index in [-0.39, 0.29) is 89.4 Å². The maximum absolute atomic E-state index is 14.3. The Hall–Kier alpha value is -8.52. The van der Waals surface area contributed by atoms with Gasteiger partial charge in [-0.2, -0.15) is 0 Å². The Morgan fingerprint density at radius 3 is 1.31 bits per heavy atom. The number of hydrogen-bond donors (Lipinski definition) is 10. The molecule has 10 rings (SSSR count). The van der Waals surface area contributed by atoms with Gasteiger partial charge in [0.2, 0.25) is 12.6 Å². The Bertz CT molecular complexity index is 3180. The number of aliphatic hydroxyl groups excluding tert-OH is 10. The van der Waals surface area contributed by atoms with Crippen molar-refractivity contribution in [2.75, 3.05) is 63.5 Å². The Morgan fingerprint density at radius 2 is 0.945 bits per heavy atom. The number of hydrogen-bond acceptors (Lipinski definition) is 28. The highest BCUT2D eigenvalue weighted by Crippen LogP contribution is 2.44. The van der Waals surface area contributed by atoms with E-state index in [0.717, 1.165) is 34.1 Å². The lowest BCUT2D eigenvalue weighted by molar-refractivity contribution is -0.387. The Balaban J connectivity index is 0.835. The molecule has 0 aliphatic carbocycles. The maximum Gasteiger partial charge on any atom is 0.416 e. The molecule has 0 radical (unpaired) electrons. The van der Waals surface area contributed by atoms with Crippen LogP contribution in [0, 0.1) is 20.2 Å². The van der Waals surface area contributed by atoms with Crippen molar-refractivity contribution < 1.29 is 127 Å². The molecular formula is C57H66N6O28. The first-order valence-electron chi connectivity index (χ1n) is 28.7. The number of carbonyl (C=O) groups excluding carboxylic acids is 4. The first kappa shape index (κ1) is 65.4. The molecule has 0 bridgehead atoms. The molecule has 4 saturated heterocycles. The van der Waals surface area contributed by atoms with Gasteiger partial charge in [-0.1, -0.05) is 12.1 Å². The zero-order valence-corrected chi connectivity index (χ0v) is 48.6. The summed E-state index contributed by atoms with van der Waals surface area (Å²) >= 11 is 0. The van der Waals surface area contributed by atoms with Crippen LogP contribution >= 0.6 is 0 Å². The first-order valence-corrected chi connectivity index (χ1v) is 28.7. The summed E-state index contributed by atoms with van der Waals surface area (Å²) in [5.74, 6) is -1.93. The van der Waals surface area contributed by atoms with E-state index in [1.165, 1.54) is 60.4 Å². The fourth-order valence-electron chi connectivity index (χ4n) is 11.7. The van der Waals surface area contributed by atoms with Gasteiger partial charge in [0, 0.05) is 43.8 Å². The molecule has 14 atom stereocenters. The monoisotopic (exact) mass is 1280 g/mol. The van der Waals surface area contributed by atoms with Gasteiger partial charge in [0.05, 0.1) is 85.1 Å². The lowest BCUT2D eigenvalue weighted by Gasteiger charge is -2.39. The highest BCUT2D eigenvalue weighted by atomic mass is 16.7. The van der Waals surface area contributed by atoms with Crippen molar-refractivity contribution in [1.82, 2.24) is 9.80 Å². The highest BCUT2D eigenvalue weighted by Gasteiger charge is 2.50. The van der Waals surface area contributed by atoms with Crippen LogP contribution in [-0.4, -0.2) is 234 Å². The first-order chi connectivity index (χ1) is 43.6. The molecule has 0 unspecified atom stereocenters. The van der Waals surface area contributed by atoms with Gasteiger partial charge >= 0.3 is 23.6 Å². The Morgan fingerprint density at radius 1 is 0.549 bits per heavy atom. The van der Waals surface area contributed by atoms with E-state index in [9.17, 15) is 90.5 Å². The van der Waals surface area contributed by atoms with Crippen molar-refractivity contribution in [2.24, 2.45) is 0 Å². The van der Waals surface area contributed by atoms with E-state index in [0.29, 0.717) is 25.7 Å². The zero-order chi connectivity index (χ0) is 65.3. The van der Waals surface area contributed by atoms with Crippen molar-refractivity contribution in [1.29, 1.82) is 0 Å². The van der Waals surface area contributed by atoms with Gasteiger partial charge in [-0.15, -0.1) is 0 Å². The molecule has 492 valence electrons. The lowest BCUT2D eigenvalue weighted by atomic mass is 9.99. The minimum absolute atomic E-state index is 0.0106. The molecule has 34 heteroatoms. The fourth-order valence-corrected chi connectivity index (χ4v) is 11.7. The molecule has 6 aliphatic rings. The van der Waals surface area contributed by atoms with Gasteiger partial charge < -0.3 is 108 Å². The summed E-state index contributed by atoms with van der Waals surface area (Å²) in [5.41, 5.74) is -1.74. The lowest BCUT2D eigenvalue weighted by Crippen LogP contribution is -2.60. The van der Waals surface area contributed by atoms with Gasteiger partial charge in [-0.3, -0.25) is 29.8 Å². The third-order valence-electron chi connectivity index (χ3n) is 16.4. The molecule has 34 nitrogen and oxygen atoms in total. The number of nitrogens with zero attached hydrogens (tertiary/aromatic N) is 6. The van der Waals surface area contributed by atoms with Gasteiger partial charge in [-0.05, 0) is 61.1 Å². The molecular weight excluding hydrogens is 1220 g/mol. The summed E-state index contributed by atoms with van der Waals surface area (Å²) in [6.07, 6.45) is -21.2. The van der Waals surface area contributed by atoms with Crippen LogP contribution in [0.4, 0.5) is 32.3 Å². The van der Waals surface area contributed by atoms with Crippen LogP contribution in [0.2, 0.25) is 0 Å².